The molecule has 0 radical (unpaired) electrons. The predicted molar refractivity (Wildman–Crippen MR) is 51.3 cm³/mol. The minimum atomic E-state index is -3.88. The van der Waals surface area contributed by atoms with Gasteiger partial charge >= 0.3 is 5.38 Å². The van der Waals surface area contributed by atoms with Crippen molar-refractivity contribution in [3.05, 3.63) is 34.3 Å². The van der Waals surface area contributed by atoms with Gasteiger partial charge < -0.3 is 0 Å². The van der Waals surface area contributed by atoms with Crippen LogP contribution in [0.2, 0.25) is 5.02 Å². The van der Waals surface area contributed by atoms with Crippen molar-refractivity contribution >= 4 is 29.0 Å². The largest absolute Gasteiger partial charge is 0.384 e. The first kappa shape index (κ1) is 11.4. The van der Waals surface area contributed by atoms with Gasteiger partial charge in [0.15, 0.2) is 0 Å². The van der Waals surface area contributed by atoms with Crippen molar-refractivity contribution < 1.29 is 13.6 Å². The summed E-state index contributed by atoms with van der Waals surface area (Å²) in [7, 11) is 0. The van der Waals surface area contributed by atoms with Crippen molar-refractivity contribution in [1.29, 1.82) is 0 Å². The molecule has 0 aliphatic carbocycles. The van der Waals surface area contributed by atoms with Crippen LogP contribution in [0.15, 0.2) is 18.2 Å². The van der Waals surface area contributed by atoms with Gasteiger partial charge in [-0.2, -0.15) is 8.78 Å². The lowest BCUT2D eigenvalue weighted by molar-refractivity contribution is 0.0535. The Labute approximate surface area is 89.6 Å². The topological polar surface area (TPSA) is 17.1 Å². The number of alkyl halides is 3. The van der Waals surface area contributed by atoms with E-state index in [2.05, 4.69) is 11.6 Å². The van der Waals surface area contributed by atoms with E-state index in [0.717, 1.165) is 0 Å². The van der Waals surface area contributed by atoms with E-state index in [9.17, 15) is 13.6 Å². The fourth-order valence-electron chi connectivity index (χ4n) is 0.992. The Hall–Kier alpha value is -0.670. The summed E-state index contributed by atoms with van der Waals surface area (Å²) in [5, 5.41) is -3.66. The fraction of sp³-hybridized carbons (Fsp3) is 0.222. The van der Waals surface area contributed by atoms with Crippen molar-refractivity contribution in [3.8, 4) is 0 Å². The molecule has 0 saturated carbocycles. The molecule has 14 heavy (non-hydrogen) atoms. The fourth-order valence-corrected chi connectivity index (χ4v) is 1.27. The molecule has 1 rings (SSSR count). The summed E-state index contributed by atoms with van der Waals surface area (Å²) in [6, 6.07) is 4.17. The van der Waals surface area contributed by atoms with Gasteiger partial charge in [0.2, 0.25) is 5.78 Å². The van der Waals surface area contributed by atoms with Crippen LogP contribution in [0.3, 0.4) is 0 Å². The van der Waals surface area contributed by atoms with Gasteiger partial charge in [-0.05, 0) is 36.2 Å². The van der Waals surface area contributed by atoms with E-state index in [4.69, 9.17) is 11.6 Å². The van der Waals surface area contributed by atoms with Crippen molar-refractivity contribution in [2.24, 2.45) is 0 Å². The monoisotopic (exact) mass is 238 g/mol. The van der Waals surface area contributed by atoms with E-state index in [-0.39, 0.29) is 10.6 Å². The average molecular weight is 239 g/mol. The maximum atomic E-state index is 12.5. The third-order valence-electron chi connectivity index (χ3n) is 1.70. The number of Topliss-reactive ketones (excluding diaryl/α,β-unsaturated/α-hetero) is 1. The van der Waals surface area contributed by atoms with Crippen LogP contribution in [0.25, 0.3) is 0 Å². The molecule has 0 aromatic heterocycles. The third-order valence-corrected chi connectivity index (χ3v) is 2.11. The second-order valence-electron chi connectivity index (χ2n) is 2.79. The molecule has 1 aromatic rings. The molecule has 0 saturated heterocycles. The zero-order valence-corrected chi connectivity index (χ0v) is 8.66. The van der Waals surface area contributed by atoms with Crippen molar-refractivity contribution in [2.75, 3.05) is 0 Å². The highest BCUT2D eigenvalue weighted by molar-refractivity contribution is 6.36. The lowest BCUT2D eigenvalue weighted by Gasteiger charge is -2.09. The zero-order chi connectivity index (χ0) is 10.9. The Bertz CT molecular complexity index is 372. The van der Waals surface area contributed by atoms with Crippen LogP contribution in [0.4, 0.5) is 8.78 Å². The Morgan fingerprint density at radius 3 is 2.50 bits per heavy atom. The molecule has 5 heteroatoms. The van der Waals surface area contributed by atoms with Crippen LogP contribution in [0.1, 0.15) is 15.9 Å². The lowest BCUT2D eigenvalue weighted by atomic mass is 10.1. The van der Waals surface area contributed by atoms with E-state index < -0.39 is 11.2 Å². The number of hydrogen-bond acceptors (Lipinski definition) is 1. The van der Waals surface area contributed by atoms with Gasteiger partial charge in [-0.25, -0.2) is 0 Å². The third kappa shape index (κ3) is 2.42. The first-order chi connectivity index (χ1) is 6.32. The molecule has 0 aliphatic heterocycles. The van der Waals surface area contributed by atoms with Crippen LogP contribution in [-0.2, 0) is 0 Å². The minimum absolute atomic E-state index is 0.155. The number of carbonyl (C=O) groups excluding carboxylic acids is 1. The Morgan fingerprint density at radius 2 is 2.00 bits per heavy atom. The van der Waals surface area contributed by atoms with Crippen molar-refractivity contribution in [1.82, 2.24) is 0 Å². The minimum Gasteiger partial charge on any atom is -0.286 e. The Morgan fingerprint density at radius 1 is 1.43 bits per heavy atom. The highest BCUT2D eigenvalue weighted by atomic mass is 35.5. The maximum absolute atomic E-state index is 12.5. The number of benzene rings is 1. The van der Waals surface area contributed by atoms with E-state index in [1.807, 2.05) is 0 Å². The molecular formula is C9H6Cl2F2O. The molecule has 0 fully saturated rings. The second kappa shape index (κ2) is 3.83. The summed E-state index contributed by atoms with van der Waals surface area (Å²) in [4.78, 5) is 11.1. The molecule has 1 nitrogen and oxygen atoms in total. The van der Waals surface area contributed by atoms with Crippen LogP contribution < -0.4 is 0 Å². The van der Waals surface area contributed by atoms with Crippen molar-refractivity contribution in [3.63, 3.8) is 0 Å². The van der Waals surface area contributed by atoms with Crippen LogP contribution in [0.5, 0.6) is 0 Å². The molecule has 0 amide bonds. The normalized spacial score (nSPS) is 11.5. The molecule has 0 atom stereocenters. The molecule has 0 heterocycles. The van der Waals surface area contributed by atoms with E-state index in [1.54, 1.807) is 0 Å². The molecule has 0 N–H and O–H groups in total. The van der Waals surface area contributed by atoms with Gasteiger partial charge in [-0.15, -0.1) is 0 Å². The lowest BCUT2D eigenvalue weighted by Crippen LogP contribution is -2.22. The summed E-state index contributed by atoms with van der Waals surface area (Å²) in [5.41, 5.74) is 0.261. The summed E-state index contributed by atoms with van der Waals surface area (Å²) in [6.45, 7) is 1.53. The molecular weight excluding hydrogens is 233 g/mol. The van der Waals surface area contributed by atoms with Gasteiger partial charge in [0.05, 0.1) is 0 Å². The first-order valence-electron chi connectivity index (χ1n) is 3.70. The first-order valence-corrected chi connectivity index (χ1v) is 4.45. The number of ketones is 1. The molecule has 0 unspecified atom stereocenters. The van der Waals surface area contributed by atoms with E-state index >= 15 is 0 Å². The van der Waals surface area contributed by atoms with Crippen LogP contribution in [-0.4, -0.2) is 11.2 Å². The Balaban J connectivity index is 3.19. The quantitative estimate of drug-likeness (QED) is 0.568. The van der Waals surface area contributed by atoms with Crippen LogP contribution in [0, 0.1) is 6.92 Å². The smallest absolute Gasteiger partial charge is 0.286 e. The van der Waals surface area contributed by atoms with Gasteiger partial charge in [-0.1, -0.05) is 17.7 Å². The van der Waals surface area contributed by atoms with Crippen molar-refractivity contribution in [2.45, 2.75) is 12.3 Å². The SMILES string of the molecule is Cc1ccc(Cl)cc1C(=O)C(F)(F)Cl. The maximum Gasteiger partial charge on any atom is 0.384 e. The molecule has 0 spiro atoms. The number of hydrogen-bond donors (Lipinski definition) is 0. The summed E-state index contributed by atoms with van der Waals surface area (Å²) in [6.07, 6.45) is 0. The van der Waals surface area contributed by atoms with E-state index in [1.165, 1.54) is 25.1 Å². The van der Waals surface area contributed by atoms with Gasteiger partial charge in [0.25, 0.3) is 0 Å². The number of aryl methyl sites for hydroxylation is 1. The highest BCUT2D eigenvalue weighted by Gasteiger charge is 2.37. The second-order valence-corrected chi connectivity index (χ2v) is 3.70. The Kier molecular flexibility index (Phi) is 3.12. The summed E-state index contributed by atoms with van der Waals surface area (Å²) >= 11 is 10.2. The van der Waals surface area contributed by atoms with Gasteiger partial charge in [0, 0.05) is 10.6 Å². The zero-order valence-electron chi connectivity index (χ0n) is 7.15. The van der Waals surface area contributed by atoms with Crippen LogP contribution >= 0.6 is 23.2 Å². The average Bonchev–Trinajstić information content (AvgIpc) is 2.06. The summed E-state index contributed by atoms with van der Waals surface area (Å²) in [5.74, 6) is -1.43. The summed E-state index contributed by atoms with van der Waals surface area (Å²) < 4.78 is 25.0. The molecule has 0 bridgehead atoms. The van der Waals surface area contributed by atoms with Gasteiger partial charge in [-0.3, -0.25) is 4.79 Å². The molecule has 0 aliphatic rings. The highest BCUT2D eigenvalue weighted by Crippen LogP contribution is 2.27. The number of carbonyl (C=O) groups is 1. The molecule has 76 valence electrons. The standard InChI is InChI=1S/C9H6Cl2F2O/c1-5-2-3-6(10)4-7(5)8(14)9(11,12)13/h2-4H,1H3. The predicted octanol–water partition coefficient (Wildman–Crippen LogP) is 3.66. The van der Waals surface area contributed by atoms with Gasteiger partial charge in [0.1, 0.15) is 0 Å². The molecule has 1 aromatic carbocycles. The van der Waals surface area contributed by atoms with E-state index in [0.29, 0.717) is 5.56 Å². The number of rotatable bonds is 2. The number of halogens is 4.